The SMILES string of the molecule is Cc1noc(C)c1CSc1ncccc1C(=O)NC(C)CCC(C)C. The first-order valence-electron chi connectivity index (χ1n) is 8.69. The van der Waals surface area contributed by atoms with Crippen molar-refractivity contribution < 1.29 is 9.32 Å². The second-order valence-electron chi connectivity index (χ2n) is 6.79. The van der Waals surface area contributed by atoms with E-state index >= 15 is 0 Å². The molecule has 0 fully saturated rings. The second kappa shape index (κ2) is 9.04. The zero-order valence-electron chi connectivity index (χ0n) is 15.6. The van der Waals surface area contributed by atoms with Gasteiger partial charge in [0.25, 0.3) is 5.91 Å². The Bertz CT molecular complexity index is 693. The smallest absolute Gasteiger partial charge is 0.254 e. The maximum Gasteiger partial charge on any atom is 0.254 e. The van der Waals surface area contributed by atoms with Crippen LogP contribution >= 0.6 is 11.8 Å². The number of carbonyl (C=O) groups excluding carboxylic acids is 1. The molecular formula is C19H27N3O2S. The number of rotatable bonds is 8. The molecule has 0 spiro atoms. The molecule has 0 aromatic carbocycles. The van der Waals surface area contributed by atoms with Crippen LogP contribution in [0, 0.1) is 19.8 Å². The summed E-state index contributed by atoms with van der Waals surface area (Å²) in [4.78, 5) is 17.0. The van der Waals surface area contributed by atoms with Gasteiger partial charge in [-0.25, -0.2) is 4.98 Å². The summed E-state index contributed by atoms with van der Waals surface area (Å²) in [5, 5.41) is 7.79. The van der Waals surface area contributed by atoms with Gasteiger partial charge in [-0.2, -0.15) is 0 Å². The Balaban J connectivity index is 2.03. The Morgan fingerprint density at radius 3 is 2.68 bits per heavy atom. The van der Waals surface area contributed by atoms with Crippen LogP contribution in [0.5, 0.6) is 0 Å². The summed E-state index contributed by atoms with van der Waals surface area (Å²) in [7, 11) is 0. The summed E-state index contributed by atoms with van der Waals surface area (Å²) in [6, 6.07) is 3.77. The number of aryl methyl sites for hydroxylation is 2. The number of pyridine rings is 1. The summed E-state index contributed by atoms with van der Waals surface area (Å²) < 4.78 is 5.20. The lowest BCUT2D eigenvalue weighted by Crippen LogP contribution is -2.33. The fourth-order valence-corrected chi connectivity index (χ4v) is 3.63. The van der Waals surface area contributed by atoms with Gasteiger partial charge < -0.3 is 9.84 Å². The number of thioether (sulfide) groups is 1. The number of carbonyl (C=O) groups is 1. The topological polar surface area (TPSA) is 68.0 Å². The predicted molar refractivity (Wildman–Crippen MR) is 101 cm³/mol. The Kier molecular flexibility index (Phi) is 7.05. The standard InChI is InChI=1S/C19H27N3O2S/c1-12(2)8-9-13(3)21-18(23)16-7-6-10-20-19(16)25-11-17-14(4)22-24-15(17)5/h6-7,10,12-13H,8-9,11H2,1-5H3,(H,21,23). The molecule has 0 aliphatic heterocycles. The van der Waals surface area contributed by atoms with E-state index in [1.165, 1.54) is 11.8 Å². The van der Waals surface area contributed by atoms with Crippen LogP contribution in [0.25, 0.3) is 0 Å². The van der Waals surface area contributed by atoms with Gasteiger partial charge in [-0.1, -0.05) is 19.0 Å². The van der Waals surface area contributed by atoms with Crippen molar-refractivity contribution in [2.75, 3.05) is 0 Å². The third-order valence-electron chi connectivity index (χ3n) is 4.10. The van der Waals surface area contributed by atoms with E-state index in [1.807, 2.05) is 26.8 Å². The Hall–Kier alpha value is -1.82. The molecule has 0 radical (unpaired) electrons. The van der Waals surface area contributed by atoms with Gasteiger partial charge in [0.15, 0.2) is 0 Å². The van der Waals surface area contributed by atoms with Crippen molar-refractivity contribution in [2.45, 2.75) is 64.3 Å². The minimum absolute atomic E-state index is 0.0642. The molecule has 2 rings (SSSR count). The van der Waals surface area contributed by atoms with E-state index in [9.17, 15) is 4.79 Å². The molecule has 1 amide bonds. The summed E-state index contributed by atoms with van der Waals surface area (Å²) in [5.74, 6) is 2.07. The van der Waals surface area contributed by atoms with Crippen LogP contribution in [0.1, 0.15) is 61.0 Å². The van der Waals surface area contributed by atoms with Crippen molar-refractivity contribution >= 4 is 17.7 Å². The molecule has 0 aliphatic rings. The van der Waals surface area contributed by atoms with E-state index in [2.05, 4.69) is 29.3 Å². The molecule has 25 heavy (non-hydrogen) atoms. The molecule has 0 bridgehead atoms. The normalized spacial score (nSPS) is 12.4. The van der Waals surface area contributed by atoms with Gasteiger partial charge in [0, 0.05) is 23.6 Å². The maximum absolute atomic E-state index is 12.6. The Morgan fingerprint density at radius 1 is 1.28 bits per heavy atom. The number of hydrogen-bond donors (Lipinski definition) is 1. The van der Waals surface area contributed by atoms with Gasteiger partial charge in [-0.3, -0.25) is 4.79 Å². The molecule has 2 aromatic heterocycles. The highest BCUT2D eigenvalue weighted by molar-refractivity contribution is 7.98. The molecule has 0 aliphatic carbocycles. The Labute approximate surface area is 154 Å². The van der Waals surface area contributed by atoms with E-state index in [0.717, 1.165) is 34.9 Å². The fraction of sp³-hybridized carbons (Fsp3) is 0.526. The van der Waals surface area contributed by atoms with Gasteiger partial charge in [0.05, 0.1) is 11.3 Å². The molecule has 2 heterocycles. The average Bonchev–Trinajstić information content (AvgIpc) is 2.89. The summed E-state index contributed by atoms with van der Waals surface area (Å²) in [6.07, 6.45) is 3.79. The lowest BCUT2D eigenvalue weighted by atomic mass is 10.0. The molecule has 0 saturated heterocycles. The number of aromatic nitrogens is 2. The van der Waals surface area contributed by atoms with Gasteiger partial charge in [-0.05, 0) is 51.7 Å². The predicted octanol–water partition coefficient (Wildman–Crippen LogP) is 4.53. The number of hydrogen-bond acceptors (Lipinski definition) is 5. The molecule has 136 valence electrons. The van der Waals surface area contributed by atoms with Crippen molar-refractivity contribution in [3.05, 3.63) is 40.9 Å². The quantitative estimate of drug-likeness (QED) is 0.700. The lowest BCUT2D eigenvalue weighted by molar-refractivity contribution is 0.0933. The minimum atomic E-state index is -0.0642. The molecule has 1 unspecified atom stereocenters. The highest BCUT2D eigenvalue weighted by atomic mass is 32.2. The van der Waals surface area contributed by atoms with Crippen LogP contribution in [0.4, 0.5) is 0 Å². The molecule has 1 N–H and O–H groups in total. The van der Waals surface area contributed by atoms with E-state index in [1.54, 1.807) is 12.3 Å². The zero-order valence-corrected chi connectivity index (χ0v) is 16.4. The summed E-state index contributed by atoms with van der Waals surface area (Å²) in [5.41, 5.74) is 2.57. The van der Waals surface area contributed by atoms with Crippen molar-refractivity contribution in [1.82, 2.24) is 15.5 Å². The molecular weight excluding hydrogens is 334 g/mol. The lowest BCUT2D eigenvalue weighted by Gasteiger charge is -2.16. The van der Waals surface area contributed by atoms with Crippen LogP contribution in [-0.2, 0) is 5.75 Å². The highest BCUT2D eigenvalue weighted by Gasteiger charge is 2.17. The van der Waals surface area contributed by atoms with Gasteiger partial charge >= 0.3 is 0 Å². The van der Waals surface area contributed by atoms with E-state index in [0.29, 0.717) is 17.2 Å². The first-order chi connectivity index (χ1) is 11.9. The maximum atomic E-state index is 12.6. The van der Waals surface area contributed by atoms with Crippen LogP contribution < -0.4 is 5.32 Å². The number of nitrogens with one attached hydrogen (secondary N) is 1. The van der Waals surface area contributed by atoms with Crippen molar-refractivity contribution in [1.29, 1.82) is 0 Å². The number of amides is 1. The van der Waals surface area contributed by atoms with E-state index in [4.69, 9.17) is 4.52 Å². The Morgan fingerprint density at radius 2 is 2.04 bits per heavy atom. The first-order valence-corrected chi connectivity index (χ1v) is 9.67. The van der Waals surface area contributed by atoms with Crippen LogP contribution in [0.3, 0.4) is 0 Å². The first kappa shape index (κ1) is 19.5. The average molecular weight is 362 g/mol. The van der Waals surface area contributed by atoms with Gasteiger partial charge in [0.2, 0.25) is 0 Å². The van der Waals surface area contributed by atoms with E-state index in [-0.39, 0.29) is 11.9 Å². The van der Waals surface area contributed by atoms with Crippen LogP contribution in [-0.4, -0.2) is 22.1 Å². The van der Waals surface area contributed by atoms with Crippen LogP contribution in [0.2, 0.25) is 0 Å². The van der Waals surface area contributed by atoms with Gasteiger partial charge in [-0.15, -0.1) is 11.8 Å². The molecule has 1 atom stereocenters. The molecule has 0 saturated carbocycles. The summed E-state index contributed by atoms with van der Waals surface area (Å²) in [6.45, 7) is 10.3. The zero-order chi connectivity index (χ0) is 18.4. The molecule has 6 heteroatoms. The van der Waals surface area contributed by atoms with Crippen molar-refractivity contribution in [3.8, 4) is 0 Å². The third kappa shape index (κ3) is 5.59. The highest BCUT2D eigenvalue weighted by Crippen LogP contribution is 2.27. The number of nitrogens with zero attached hydrogens (tertiary/aromatic N) is 2. The van der Waals surface area contributed by atoms with Crippen molar-refractivity contribution in [3.63, 3.8) is 0 Å². The molecule has 5 nitrogen and oxygen atoms in total. The second-order valence-corrected chi connectivity index (χ2v) is 7.76. The monoisotopic (exact) mass is 361 g/mol. The van der Waals surface area contributed by atoms with Crippen LogP contribution in [0.15, 0.2) is 27.9 Å². The summed E-state index contributed by atoms with van der Waals surface area (Å²) >= 11 is 1.53. The van der Waals surface area contributed by atoms with E-state index < -0.39 is 0 Å². The minimum Gasteiger partial charge on any atom is -0.361 e. The largest absolute Gasteiger partial charge is 0.361 e. The third-order valence-corrected chi connectivity index (χ3v) is 5.14. The fourth-order valence-electron chi connectivity index (χ4n) is 2.48. The van der Waals surface area contributed by atoms with Crippen molar-refractivity contribution in [2.24, 2.45) is 5.92 Å². The van der Waals surface area contributed by atoms with Gasteiger partial charge in [0.1, 0.15) is 10.8 Å². The molecule has 2 aromatic rings.